The minimum Gasteiger partial charge on any atom is -0.450 e. The number of amides is 1. The zero-order valence-electron chi connectivity index (χ0n) is 11.2. The van der Waals surface area contributed by atoms with Gasteiger partial charge < -0.3 is 14.7 Å². The molecule has 1 aliphatic rings. The maximum atomic E-state index is 11.7. The van der Waals surface area contributed by atoms with Crippen LogP contribution in [0.25, 0.3) is 0 Å². The summed E-state index contributed by atoms with van der Waals surface area (Å²) >= 11 is 0. The zero-order chi connectivity index (χ0) is 12.9. The second-order valence-electron chi connectivity index (χ2n) is 6.04. The Balaban J connectivity index is 2.21. The highest BCUT2D eigenvalue weighted by molar-refractivity contribution is 6.76. The summed E-state index contributed by atoms with van der Waals surface area (Å²) in [6, 6.07) is 1.02. The summed E-state index contributed by atoms with van der Waals surface area (Å²) in [7, 11) is -1.12. The van der Waals surface area contributed by atoms with Crippen LogP contribution in [0.5, 0.6) is 0 Å². The number of nitrogens with zero attached hydrogens (tertiary/aromatic N) is 1. The molecule has 1 N–H and O–H groups in total. The van der Waals surface area contributed by atoms with Gasteiger partial charge in [0.15, 0.2) is 0 Å². The van der Waals surface area contributed by atoms with E-state index in [1.165, 1.54) is 0 Å². The predicted octanol–water partition coefficient (Wildman–Crippen LogP) is 2.17. The van der Waals surface area contributed by atoms with Crippen LogP contribution < -0.4 is 0 Å². The molecule has 1 aliphatic heterocycles. The van der Waals surface area contributed by atoms with Gasteiger partial charge in [-0.05, 0) is 24.8 Å². The fourth-order valence-corrected chi connectivity index (χ4v) is 2.55. The molecule has 0 bridgehead atoms. The Morgan fingerprint density at radius 3 is 2.41 bits per heavy atom. The van der Waals surface area contributed by atoms with E-state index in [0.29, 0.717) is 12.5 Å². The number of aliphatic hydroxyl groups is 1. The first kappa shape index (κ1) is 14.5. The van der Waals surface area contributed by atoms with Gasteiger partial charge in [-0.1, -0.05) is 19.6 Å². The third-order valence-corrected chi connectivity index (χ3v) is 4.91. The van der Waals surface area contributed by atoms with E-state index in [2.05, 4.69) is 19.6 Å². The first-order chi connectivity index (χ1) is 7.92. The third kappa shape index (κ3) is 5.54. The lowest BCUT2D eigenvalue weighted by molar-refractivity contribution is 0.0819. The summed E-state index contributed by atoms with van der Waals surface area (Å²) in [6.45, 7) is 9.04. The Morgan fingerprint density at radius 2 is 1.94 bits per heavy atom. The molecule has 100 valence electrons. The van der Waals surface area contributed by atoms with Gasteiger partial charge in [-0.25, -0.2) is 4.79 Å². The molecule has 0 radical (unpaired) electrons. The van der Waals surface area contributed by atoms with Crippen molar-refractivity contribution in [3.05, 3.63) is 0 Å². The molecule has 1 fully saturated rings. The summed E-state index contributed by atoms with van der Waals surface area (Å²) in [5, 5.41) is 9.02. The number of carbonyl (C=O) groups is 1. The maximum Gasteiger partial charge on any atom is 0.409 e. The number of piperidine rings is 1. The number of rotatable bonds is 4. The average molecular weight is 259 g/mol. The van der Waals surface area contributed by atoms with Crippen LogP contribution in [-0.2, 0) is 4.74 Å². The van der Waals surface area contributed by atoms with Crippen molar-refractivity contribution in [1.82, 2.24) is 4.90 Å². The van der Waals surface area contributed by atoms with E-state index >= 15 is 0 Å². The number of hydrogen-bond acceptors (Lipinski definition) is 3. The van der Waals surface area contributed by atoms with Crippen molar-refractivity contribution < 1.29 is 14.6 Å². The maximum absolute atomic E-state index is 11.7. The molecule has 1 rings (SSSR count). The third-order valence-electron chi connectivity index (χ3n) is 3.21. The summed E-state index contributed by atoms with van der Waals surface area (Å²) in [6.07, 6.45) is 1.60. The molecule has 0 aromatic rings. The Morgan fingerprint density at radius 1 is 1.35 bits per heavy atom. The van der Waals surface area contributed by atoms with Crippen molar-refractivity contribution in [2.75, 3.05) is 26.3 Å². The van der Waals surface area contributed by atoms with Gasteiger partial charge in [-0.3, -0.25) is 0 Å². The van der Waals surface area contributed by atoms with E-state index < -0.39 is 8.07 Å². The van der Waals surface area contributed by atoms with Crippen molar-refractivity contribution >= 4 is 14.2 Å². The molecule has 0 spiro atoms. The highest BCUT2D eigenvalue weighted by atomic mass is 28.3. The molecule has 0 unspecified atom stereocenters. The van der Waals surface area contributed by atoms with Crippen molar-refractivity contribution in [1.29, 1.82) is 0 Å². The molecular weight excluding hydrogens is 234 g/mol. The summed E-state index contributed by atoms with van der Waals surface area (Å²) in [5.74, 6) is 0.362. The SMILES string of the molecule is C[Si](C)(C)CCOC(=O)N1CCC(CO)CC1. The highest BCUT2D eigenvalue weighted by Crippen LogP contribution is 2.17. The van der Waals surface area contributed by atoms with Crippen LogP contribution in [0.1, 0.15) is 12.8 Å². The molecule has 0 aliphatic carbocycles. The van der Waals surface area contributed by atoms with Crippen LogP contribution in [0.15, 0.2) is 0 Å². The summed E-state index contributed by atoms with van der Waals surface area (Å²) in [4.78, 5) is 13.5. The molecule has 4 nitrogen and oxygen atoms in total. The first-order valence-corrected chi connectivity index (χ1v) is 10.2. The van der Waals surface area contributed by atoms with Crippen LogP contribution in [0, 0.1) is 5.92 Å². The van der Waals surface area contributed by atoms with Crippen LogP contribution in [0.3, 0.4) is 0 Å². The molecule has 1 heterocycles. The van der Waals surface area contributed by atoms with Gasteiger partial charge in [0, 0.05) is 27.8 Å². The van der Waals surface area contributed by atoms with Crippen LogP contribution >= 0.6 is 0 Å². The molecule has 17 heavy (non-hydrogen) atoms. The normalized spacial score (nSPS) is 18.2. The average Bonchev–Trinajstić information content (AvgIpc) is 2.27. The largest absolute Gasteiger partial charge is 0.450 e. The fraction of sp³-hybridized carbons (Fsp3) is 0.917. The van der Waals surface area contributed by atoms with Crippen LogP contribution in [-0.4, -0.2) is 50.5 Å². The number of ether oxygens (including phenoxy) is 1. The number of hydrogen-bond donors (Lipinski definition) is 1. The lowest BCUT2D eigenvalue weighted by Crippen LogP contribution is -2.40. The van der Waals surface area contributed by atoms with Gasteiger partial charge >= 0.3 is 6.09 Å². The highest BCUT2D eigenvalue weighted by Gasteiger charge is 2.23. The Kier molecular flexibility index (Phi) is 5.46. The van der Waals surface area contributed by atoms with Crippen LogP contribution in [0.4, 0.5) is 4.79 Å². The molecule has 0 aromatic carbocycles. The quantitative estimate of drug-likeness (QED) is 0.787. The zero-order valence-corrected chi connectivity index (χ0v) is 12.2. The minimum absolute atomic E-state index is 0.181. The van der Waals surface area contributed by atoms with E-state index in [1.807, 2.05) is 0 Å². The Bertz CT molecular complexity index is 245. The van der Waals surface area contributed by atoms with E-state index in [-0.39, 0.29) is 12.7 Å². The lowest BCUT2D eigenvalue weighted by Gasteiger charge is -2.30. The molecular formula is C12H25NO3Si. The summed E-state index contributed by atoms with van der Waals surface area (Å²) < 4.78 is 5.29. The fourth-order valence-electron chi connectivity index (χ4n) is 1.83. The number of aliphatic hydroxyl groups excluding tert-OH is 1. The van der Waals surface area contributed by atoms with E-state index in [9.17, 15) is 4.79 Å². The standard InChI is InChI=1S/C12H25NO3Si/c1-17(2,3)9-8-16-12(15)13-6-4-11(10-14)5-7-13/h11,14H,4-10H2,1-3H3. The van der Waals surface area contributed by atoms with Gasteiger partial charge in [0.1, 0.15) is 0 Å². The second-order valence-corrected chi connectivity index (χ2v) is 11.7. The molecule has 0 saturated carbocycles. The van der Waals surface area contributed by atoms with Crippen molar-refractivity contribution in [2.24, 2.45) is 5.92 Å². The van der Waals surface area contributed by atoms with Gasteiger partial charge in [0.2, 0.25) is 0 Å². The molecule has 5 heteroatoms. The predicted molar refractivity (Wildman–Crippen MR) is 70.9 cm³/mol. The van der Waals surface area contributed by atoms with E-state index in [4.69, 9.17) is 9.84 Å². The van der Waals surface area contributed by atoms with Crippen molar-refractivity contribution in [3.8, 4) is 0 Å². The topological polar surface area (TPSA) is 49.8 Å². The van der Waals surface area contributed by atoms with Gasteiger partial charge in [0.25, 0.3) is 0 Å². The van der Waals surface area contributed by atoms with E-state index in [1.54, 1.807) is 4.90 Å². The second kappa shape index (κ2) is 6.40. The van der Waals surface area contributed by atoms with Gasteiger partial charge in [-0.2, -0.15) is 0 Å². The van der Waals surface area contributed by atoms with E-state index in [0.717, 1.165) is 32.0 Å². The molecule has 0 atom stereocenters. The van der Waals surface area contributed by atoms with Gasteiger partial charge in [-0.15, -0.1) is 0 Å². The Hall–Kier alpha value is -0.553. The summed E-state index contributed by atoms with van der Waals surface area (Å²) in [5.41, 5.74) is 0. The van der Waals surface area contributed by atoms with Gasteiger partial charge in [0.05, 0.1) is 6.61 Å². The molecule has 0 aromatic heterocycles. The Labute approximate surface area is 105 Å². The molecule has 1 saturated heterocycles. The van der Waals surface area contributed by atoms with Crippen LogP contribution in [0.2, 0.25) is 25.7 Å². The monoisotopic (exact) mass is 259 g/mol. The minimum atomic E-state index is -1.12. The lowest BCUT2D eigenvalue weighted by atomic mass is 9.98. The number of likely N-dealkylation sites (tertiary alicyclic amines) is 1. The smallest absolute Gasteiger partial charge is 0.409 e. The number of carbonyl (C=O) groups excluding carboxylic acids is 1. The first-order valence-electron chi connectivity index (χ1n) is 6.45. The molecule has 1 amide bonds. The van der Waals surface area contributed by atoms with Crippen molar-refractivity contribution in [3.63, 3.8) is 0 Å². The van der Waals surface area contributed by atoms with Crippen molar-refractivity contribution in [2.45, 2.75) is 38.5 Å².